The van der Waals surface area contributed by atoms with Crippen LogP contribution in [0.3, 0.4) is 0 Å². The summed E-state index contributed by atoms with van der Waals surface area (Å²) in [5.74, 6) is 0.693. The highest BCUT2D eigenvalue weighted by atomic mass is 16.6. The Bertz CT molecular complexity index is 754. The summed E-state index contributed by atoms with van der Waals surface area (Å²) in [7, 11) is 1.60. The summed E-state index contributed by atoms with van der Waals surface area (Å²) in [5, 5.41) is 14.1. The number of hydrogen-bond donors (Lipinski definition) is 1. The monoisotopic (exact) mass is 326 g/mol. The van der Waals surface area contributed by atoms with Crippen LogP contribution in [0.2, 0.25) is 0 Å². The SMILES string of the molecule is COc1ccc(C(NC(=O)c2ccccc2[N+](=O)[O-])C2CC2)cc1. The number of benzene rings is 2. The summed E-state index contributed by atoms with van der Waals surface area (Å²) >= 11 is 0. The van der Waals surface area contributed by atoms with Crippen molar-refractivity contribution < 1.29 is 14.5 Å². The van der Waals surface area contributed by atoms with Gasteiger partial charge in [-0.15, -0.1) is 0 Å². The Morgan fingerprint density at radius 1 is 1.21 bits per heavy atom. The zero-order valence-electron chi connectivity index (χ0n) is 13.3. The molecule has 6 nitrogen and oxygen atoms in total. The lowest BCUT2D eigenvalue weighted by atomic mass is 10.0. The Morgan fingerprint density at radius 2 is 1.88 bits per heavy atom. The van der Waals surface area contributed by atoms with E-state index in [9.17, 15) is 14.9 Å². The quantitative estimate of drug-likeness (QED) is 0.651. The first-order chi connectivity index (χ1) is 11.6. The van der Waals surface area contributed by atoms with E-state index in [2.05, 4.69) is 5.32 Å². The molecule has 1 aliphatic carbocycles. The standard InChI is InChI=1S/C18H18N2O4/c1-24-14-10-8-13(9-11-14)17(12-6-7-12)19-18(21)15-4-2-3-5-16(15)20(22)23/h2-5,8-12,17H,6-7H2,1H3,(H,19,21). The molecular formula is C18H18N2O4. The predicted molar refractivity (Wildman–Crippen MR) is 89.0 cm³/mol. The van der Waals surface area contributed by atoms with Gasteiger partial charge in [0.2, 0.25) is 0 Å². The van der Waals surface area contributed by atoms with Crippen molar-refractivity contribution in [2.45, 2.75) is 18.9 Å². The van der Waals surface area contributed by atoms with E-state index in [-0.39, 0.29) is 17.3 Å². The first-order valence-corrected chi connectivity index (χ1v) is 7.78. The van der Waals surface area contributed by atoms with Crippen LogP contribution in [0.4, 0.5) is 5.69 Å². The number of nitro groups is 1. The summed E-state index contributed by atoms with van der Waals surface area (Å²) in [6.45, 7) is 0. The molecule has 24 heavy (non-hydrogen) atoms. The molecule has 1 aliphatic rings. The van der Waals surface area contributed by atoms with Gasteiger partial charge in [-0.05, 0) is 42.5 Å². The molecule has 0 aliphatic heterocycles. The highest BCUT2D eigenvalue weighted by molar-refractivity contribution is 5.98. The summed E-state index contributed by atoms with van der Waals surface area (Å²) in [6.07, 6.45) is 2.07. The van der Waals surface area contributed by atoms with Crippen LogP contribution < -0.4 is 10.1 Å². The van der Waals surface area contributed by atoms with Crippen molar-refractivity contribution >= 4 is 11.6 Å². The number of nitrogens with one attached hydrogen (secondary N) is 1. The number of carbonyl (C=O) groups is 1. The van der Waals surface area contributed by atoms with Gasteiger partial charge in [0.15, 0.2) is 0 Å². The fourth-order valence-electron chi connectivity index (χ4n) is 2.76. The molecule has 3 rings (SSSR count). The molecule has 1 amide bonds. The average molecular weight is 326 g/mol. The number of hydrogen-bond acceptors (Lipinski definition) is 4. The van der Waals surface area contributed by atoms with Gasteiger partial charge in [-0.1, -0.05) is 24.3 Å². The number of ether oxygens (including phenoxy) is 1. The minimum atomic E-state index is -0.533. The van der Waals surface area contributed by atoms with Gasteiger partial charge in [0, 0.05) is 6.07 Å². The second-order valence-corrected chi connectivity index (χ2v) is 5.84. The van der Waals surface area contributed by atoms with E-state index in [0.717, 1.165) is 24.2 Å². The molecule has 1 atom stereocenters. The highest BCUT2D eigenvalue weighted by Crippen LogP contribution is 2.41. The van der Waals surface area contributed by atoms with Gasteiger partial charge in [0.05, 0.1) is 18.1 Å². The number of nitrogens with zero attached hydrogens (tertiary/aromatic N) is 1. The van der Waals surface area contributed by atoms with E-state index in [0.29, 0.717) is 5.92 Å². The zero-order valence-corrected chi connectivity index (χ0v) is 13.3. The number of rotatable bonds is 6. The van der Waals surface area contributed by atoms with Crippen molar-refractivity contribution in [3.8, 4) is 5.75 Å². The Morgan fingerprint density at radius 3 is 2.46 bits per heavy atom. The van der Waals surface area contributed by atoms with Crippen LogP contribution in [-0.2, 0) is 0 Å². The number of methoxy groups -OCH3 is 1. The second-order valence-electron chi connectivity index (χ2n) is 5.84. The fourth-order valence-corrected chi connectivity index (χ4v) is 2.76. The largest absolute Gasteiger partial charge is 0.497 e. The Hall–Kier alpha value is -2.89. The molecule has 124 valence electrons. The second kappa shape index (κ2) is 6.70. The number of para-hydroxylation sites is 1. The molecule has 0 heterocycles. The van der Waals surface area contributed by atoms with E-state index >= 15 is 0 Å². The van der Waals surface area contributed by atoms with E-state index in [1.807, 2.05) is 24.3 Å². The van der Waals surface area contributed by atoms with E-state index < -0.39 is 10.8 Å². The minimum absolute atomic E-state index is 0.0849. The van der Waals surface area contributed by atoms with Crippen LogP contribution in [0.5, 0.6) is 5.75 Å². The number of carbonyl (C=O) groups excluding carboxylic acids is 1. The zero-order chi connectivity index (χ0) is 17.1. The molecule has 6 heteroatoms. The van der Waals surface area contributed by atoms with Crippen LogP contribution in [0.1, 0.15) is 34.8 Å². The summed E-state index contributed by atoms with van der Waals surface area (Å²) in [6, 6.07) is 13.4. The van der Waals surface area contributed by atoms with Crippen LogP contribution in [-0.4, -0.2) is 17.9 Å². The third-order valence-electron chi connectivity index (χ3n) is 4.20. The maximum atomic E-state index is 12.6. The Balaban J connectivity index is 1.83. The molecule has 0 radical (unpaired) electrons. The molecule has 0 aromatic heterocycles. The molecule has 2 aromatic rings. The summed E-state index contributed by atoms with van der Waals surface area (Å²) in [4.78, 5) is 23.1. The minimum Gasteiger partial charge on any atom is -0.497 e. The predicted octanol–water partition coefficient (Wildman–Crippen LogP) is 3.48. The first kappa shape index (κ1) is 16.0. The molecule has 1 N–H and O–H groups in total. The first-order valence-electron chi connectivity index (χ1n) is 7.78. The third kappa shape index (κ3) is 3.37. The van der Waals surface area contributed by atoms with Crippen LogP contribution in [0.25, 0.3) is 0 Å². The van der Waals surface area contributed by atoms with Crippen molar-refractivity contribution in [2.24, 2.45) is 5.92 Å². The Kier molecular flexibility index (Phi) is 4.46. The van der Waals surface area contributed by atoms with Crippen LogP contribution in [0, 0.1) is 16.0 Å². The van der Waals surface area contributed by atoms with Crippen molar-refractivity contribution in [1.82, 2.24) is 5.32 Å². The maximum Gasteiger partial charge on any atom is 0.282 e. The molecule has 0 spiro atoms. The van der Waals surface area contributed by atoms with Crippen LogP contribution in [0.15, 0.2) is 48.5 Å². The van der Waals surface area contributed by atoms with Crippen molar-refractivity contribution in [2.75, 3.05) is 7.11 Å². The van der Waals surface area contributed by atoms with Crippen molar-refractivity contribution in [3.05, 3.63) is 69.8 Å². The third-order valence-corrected chi connectivity index (χ3v) is 4.20. The van der Waals surface area contributed by atoms with Crippen molar-refractivity contribution in [3.63, 3.8) is 0 Å². The van der Waals surface area contributed by atoms with Gasteiger partial charge >= 0.3 is 0 Å². The molecule has 1 fully saturated rings. The number of nitro benzene ring substituents is 1. The van der Waals surface area contributed by atoms with Crippen molar-refractivity contribution in [1.29, 1.82) is 0 Å². The van der Waals surface area contributed by atoms with E-state index in [1.165, 1.54) is 12.1 Å². The molecule has 2 aromatic carbocycles. The fraction of sp³-hybridized carbons (Fsp3) is 0.278. The molecule has 0 bridgehead atoms. The average Bonchev–Trinajstić information content (AvgIpc) is 3.44. The van der Waals surface area contributed by atoms with Gasteiger partial charge in [0.25, 0.3) is 11.6 Å². The summed E-state index contributed by atoms with van der Waals surface area (Å²) in [5.41, 5.74) is 0.881. The molecule has 0 saturated heterocycles. The highest BCUT2D eigenvalue weighted by Gasteiger charge is 2.34. The number of amides is 1. The van der Waals surface area contributed by atoms with Gasteiger partial charge in [-0.2, -0.15) is 0 Å². The smallest absolute Gasteiger partial charge is 0.282 e. The molecular weight excluding hydrogens is 308 g/mol. The van der Waals surface area contributed by atoms with E-state index in [1.54, 1.807) is 19.2 Å². The Labute approximate surface area is 139 Å². The normalized spacial score (nSPS) is 14.7. The molecule has 1 saturated carbocycles. The van der Waals surface area contributed by atoms with Gasteiger partial charge in [-0.25, -0.2) is 0 Å². The maximum absolute atomic E-state index is 12.6. The lowest BCUT2D eigenvalue weighted by molar-refractivity contribution is -0.385. The lowest BCUT2D eigenvalue weighted by Gasteiger charge is -2.19. The van der Waals surface area contributed by atoms with Gasteiger partial charge in [0.1, 0.15) is 11.3 Å². The topological polar surface area (TPSA) is 81.5 Å². The van der Waals surface area contributed by atoms with Gasteiger partial charge in [-0.3, -0.25) is 14.9 Å². The van der Waals surface area contributed by atoms with Gasteiger partial charge < -0.3 is 10.1 Å². The van der Waals surface area contributed by atoms with E-state index in [4.69, 9.17) is 4.74 Å². The lowest BCUT2D eigenvalue weighted by Crippen LogP contribution is -2.30. The summed E-state index contributed by atoms with van der Waals surface area (Å²) < 4.78 is 5.16. The molecule has 1 unspecified atom stereocenters. The van der Waals surface area contributed by atoms with Crippen LogP contribution >= 0.6 is 0 Å².